The quantitative estimate of drug-likeness (QED) is 0.788. The number of amides is 1. The fourth-order valence-electron chi connectivity index (χ4n) is 2.86. The smallest absolute Gasteiger partial charge is 0.272 e. The third-order valence-electron chi connectivity index (χ3n) is 3.86. The average Bonchev–Trinajstić information content (AvgIpc) is 3.21. The van der Waals surface area contributed by atoms with Crippen molar-refractivity contribution in [3.8, 4) is 11.3 Å². The van der Waals surface area contributed by atoms with E-state index in [1.165, 1.54) is 0 Å². The van der Waals surface area contributed by atoms with Gasteiger partial charge in [-0.3, -0.25) is 9.89 Å². The summed E-state index contributed by atoms with van der Waals surface area (Å²) in [6.45, 7) is 0. The van der Waals surface area contributed by atoms with Crippen LogP contribution in [0.1, 0.15) is 27.0 Å². The Morgan fingerprint density at radius 1 is 1.19 bits per heavy atom. The third kappa shape index (κ3) is 1.74. The second-order valence-corrected chi connectivity index (χ2v) is 6.04. The lowest BCUT2D eigenvalue weighted by atomic mass is 10.0. The van der Waals surface area contributed by atoms with Gasteiger partial charge in [-0.1, -0.05) is 36.4 Å². The zero-order chi connectivity index (χ0) is 14.4. The molecular formula is C16H13N3OS. The molecule has 1 N–H and O–H groups in total. The molecule has 4 nitrogen and oxygen atoms in total. The number of benzene rings is 1. The van der Waals surface area contributed by atoms with Crippen LogP contribution >= 0.6 is 11.3 Å². The lowest BCUT2D eigenvalue weighted by Gasteiger charge is -2.20. The van der Waals surface area contributed by atoms with E-state index >= 15 is 0 Å². The molecule has 1 aromatic carbocycles. The highest BCUT2D eigenvalue weighted by molar-refractivity contribution is 7.10. The minimum Gasteiger partial charge on any atom is -0.328 e. The van der Waals surface area contributed by atoms with Gasteiger partial charge in [-0.2, -0.15) is 5.10 Å². The Morgan fingerprint density at radius 2 is 2.00 bits per heavy atom. The Kier molecular flexibility index (Phi) is 2.68. The van der Waals surface area contributed by atoms with E-state index in [2.05, 4.69) is 16.3 Å². The molecule has 0 saturated heterocycles. The monoisotopic (exact) mass is 295 g/mol. The number of thiophene rings is 1. The number of nitrogens with one attached hydrogen (secondary N) is 1. The summed E-state index contributed by atoms with van der Waals surface area (Å²) >= 11 is 1.66. The number of rotatable bonds is 2. The van der Waals surface area contributed by atoms with Crippen LogP contribution in [0.25, 0.3) is 11.3 Å². The summed E-state index contributed by atoms with van der Waals surface area (Å²) in [6.07, 6.45) is 0. The summed E-state index contributed by atoms with van der Waals surface area (Å²) in [7, 11) is 1.84. The molecule has 1 amide bonds. The summed E-state index contributed by atoms with van der Waals surface area (Å²) in [5.74, 6) is -0.00178. The topological polar surface area (TPSA) is 49.0 Å². The average molecular weight is 295 g/mol. The fourth-order valence-corrected chi connectivity index (χ4v) is 3.74. The maximum absolute atomic E-state index is 12.4. The standard InChI is InChI=1S/C16H13N3OS/c1-19-15(11-8-5-9-21-11)12-13(10-6-3-2-4-7-10)17-18-14(12)16(19)20/h2-9,15H,1H3,(H,17,18)/t15-/m0/s1. The number of carbonyl (C=O) groups excluding carboxylic acids is 1. The van der Waals surface area contributed by atoms with Crippen LogP contribution in [0.5, 0.6) is 0 Å². The molecule has 104 valence electrons. The van der Waals surface area contributed by atoms with Crippen LogP contribution in [0.3, 0.4) is 0 Å². The zero-order valence-electron chi connectivity index (χ0n) is 11.4. The Labute approximate surface area is 126 Å². The van der Waals surface area contributed by atoms with Crippen molar-refractivity contribution in [3.63, 3.8) is 0 Å². The lowest BCUT2D eigenvalue weighted by molar-refractivity contribution is 0.0789. The molecule has 0 radical (unpaired) electrons. The molecule has 1 aliphatic heterocycles. The Morgan fingerprint density at radius 3 is 2.71 bits per heavy atom. The highest BCUT2D eigenvalue weighted by Gasteiger charge is 2.40. The largest absolute Gasteiger partial charge is 0.328 e. The lowest BCUT2D eigenvalue weighted by Crippen LogP contribution is -2.24. The van der Waals surface area contributed by atoms with E-state index in [1.54, 1.807) is 16.2 Å². The number of carbonyl (C=O) groups is 1. The maximum atomic E-state index is 12.4. The van der Waals surface area contributed by atoms with E-state index in [4.69, 9.17) is 0 Å². The number of nitrogens with zero attached hydrogens (tertiary/aromatic N) is 2. The molecule has 1 atom stereocenters. The number of aromatic nitrogens is 2. The summed E-state index contributed by atoms with van der Waals surface area (Å²) in [4.78, 5) is 15.3. The molecule has 0 unspecified atom stereocenters. The van der Waals surface area contributed by atoms with Crippen LogP contribution in [-0.4, -0.2) is 28.1 Å². The van der Waals surface area contributed by atoms with E-state index in [-0.39, 0.29) is 11.9 Å². The van der Waals surface area contributed by atoms with Gasteiger partial charge in [0, 0.05) is 23.1 Å². The van der Waals surface area contributed by atoms with E-state index in [1.807, 2.05) is 48.8 Å². The van der Waals surface area contributed by atoms with Gasteiger partial charge in [-0.25, -0.2) is 0 Å². The second kappa shape index (κ2) is 4.56. The molecule has 3 aromatic rings. The highest BCUT2D eigenvalue weighted by atomic mass is 32.1. The van der Waals surface area contributed by atoms with Crippen molar-refractivity contribution in [1.82, 2.24) is 15.1 Å². The maximum Gasteiger partial charge on any atom is 0.272 e. The summed E-state index contributed by atoms with van der Waals surface area (Å²) in [5.41, 5.74) is 3.48. The minimum atomic E-state index is -0.0542. The van der Waals surface area contributed by atoms with Crippen LogP contribution in [0.15, 0.2) is 47.8 Å². The van der Waals surface area contributed by atoms with Crippen molar-refractivity contribution in [3.05, 3.63) is 64.0 Å². The number of hydrogen-bond donors (Lipinski definition) is 1. The van der Waals surface area contributed by atoms with Crippen molar-refractivity contribution in [2.75, 3.05) is 7.05 Å². The first kappa shape index (κ1) is 12.3. The van der Waals surface area contributed by atoms with Gasteiger partial charge in [0.05, 0.1) is 11.7 Å². The normalized spacial score (nSPS) is 17.3. The number of H-pyrrole nitrogens is 1. The van der Waals surface area contributed by atoms with Crippen LogP contribution in [0.4, 0.5) is 0 Å². The zero-order valence-corrected chi connectivity index (χ0v) is 12.2. The molecule has 0 saturated carbocycles. The van der Waals surface area contributed by atoms with E-state index in [0.717, 1.165) is 21.7 Å². The van der Waals surface area contributed by atoms with Gasteiger partial charge in [-0.15, -0.1) is 11.3 Å². The van der Waals surface area contributed by atoms with E-state index < -0.39 is 0 Å². The summed E-state index contributed by atoms with van der Waals surface area (Å²) in [5, 5.41) is 9.34. The highest BCUT2D eigenvalue weighted by Crippen LogP contribution is 2.42. The number of aromatic amines is 1. The third-order valence-corrected chi connectivity index (χ3v) is 4.78. The van der Waals surface area contributed by atoms with Crippen molar-refractivity contribution in [2.24, 2.45) is 0 Å². The molecule has 1 aliphatic rings. The molecular weight excluding hydrogens is 282 g/mol. The van der Waals surface area contributed by atoms with Gasteiger partial charge in [-0.05, 0) is 11.4 Å². The SMILES string of the molecule is CN1C(=O)c2[nH]nc(-c3ccccc3)c2[C@@H]1c1cccs1. The first-order valence-corrected chi connectivity index (χ1v) is 7.59. The van der Waals surface area contributed by atoms with Crippen molar-refractivity contribution in [1.29, 1.82) is 0 Å². The molecule has 4 rings (SSSR count). The molecule has 21 heavy (non-hydrogen) atoms. The predicted molar refractivity (Wildman–Crippen MR) is 82.3 cm³/mol. The van der Waals surface area contributed by atoms with Crippen LogP contribution in [-0.2, 0) is 0 Å². The molecule has 0 fully saturated rings. The fraction of sp³-hybridized carbons (Fsp3) is 0.125. The van der Waals surface area contributed by atoms with Crippen LogP contribution < -0.4 is 0 Å². The van der Waals surface area contributed by atoms with Gasteiger partial charge in [0.1, 0.15) is 5.69 Å². The van der Waals surface area contributed by atoms with Gasteiger partial charge in [0.25, 0.3) is 5.91 Å². The second-order valence-electron chi connectivity index (χ2n) is 5.06. The first-order valence-electron chi connectivity index (χ1n) is 6.71. The van der Waals surface area contributed by atoms with Crippen LogP contribution in [0.2, 0.25) is 0 Å². The van der Waals surface area contributed by atoms with Crippen molar-refractivity contribution >= 4 is 17.2 Å². The van der Waals surface area contributed by atoms with Crippen LogP contribution in [0, 0.1) is 0 Å². The van der Waals surface area contributed by atoms with Gasteiger partial charge >= 0.3 is 0 Å². The van der Waals surface area contributed by atoms with E-state index in [0.29, 0.717) is 5.69 Å². The van der Waals surface area contributed by atoms with Crippen molar-refractivity contribution in [2.45, 2.75) is 6.04 Å². The van der Waals surface area contributed by atoms with Crippen molar-refractivity contribution < 1.29 is 4.79 Å². The van der Waals surface area contributed by atoms with E-state index in [9.17, 15) is 4.79 Å². The predicted octanol–water partition coefficient (Wildman–Crippen LogP) is 3.31. The van der Waals surface area contributed by atoms with Gasteiger partial charge in [0.2, 0.25) is 0 Å². The summed E-state index contributed by atoms with van der Waals surface area (Å²) in [6, 6.07) is 14.0. The Hall–Kier alpha value is -2.40. The first-order chi connectivity index (χ1) is 10.3. The molecule has 0 spiro atoms. The Bertz CT molecular complexity index is 792. The molecule has 0 bridgehead atoms. The number of hydrogen-bond acceptors (Lipinski definition) is 3. The minimum absolute atomic E-state index is 0.00178. The Balaban J connectivity index is 1.93. The molecule has 5 heteroatoms. The molecule has 2 aromatic heterocycles. The van der Waals surface area contributed by atoms with Gasteiger partial charge in [0.15, 0.2) is 0 Å². The number of fused-ring (bicyclic) bond motifs is 1. The van der Waals surface area contributed by atoms with Gasteiger partial charge < -0.3 is 4.90 Å². The molecule has 3 heterocycles. The molecule has 0 aliphatic carbocycles. The summed E-state index contributed by atoms with van der Waals surface area (Å²) < 4.78 is 0.